The van der Waals surface area contributed by atoms with Crippen LogP contribution in [0.5, 0.6) is 0 Å². The molecule has 0 saturated heterocycles. The van der Waals surface area contributed by atoms with E-state index in [0.717, 1.165) is 23.5 Å². The van der Waals surface area contributed by atoms with Crippen molar-refractivity contribution in [1.82, 2.24) is 4.65 Å². The van der Waals surface area contributed by atoms with E-state index in [1.165, 1.54) is 5.56 Å². The summed E-state index contributed by atoms with van der Waals surface area (Å²) in [7, 11) is 0. The highest BCUT2D eigenvalue weighted by atomic mass is 35.5. The summed E-state index contributed by atoms with van der Waals surface area (Å²) in [5.74, 6) is 0.957. The molecule has 3 nitrogen and oxygen atoms in total. The zero-order chi connectivity index (χ0) is 18.8. The molecular formula is C22H26ClN2O+. The predicted molar refractivity (Wildman–Crippen MR) is 110 cm³/mol. The highest BCUT2D eigenvalue weighted by molar-refractivity contribution is 6.30. The smallest absolute Gasteiger partial charge is 0.200 e. The fourth-order valence-corrected chi connectivity index (χ4v) is 3.20. The van der Waals surface area contributed by atoms with Gasteiger partial charge in [-0.2, -0.15) is 9.83 Å². The number of halogens is 1. The van der Waals surface area contributed by atoms with Crippen molar-refractivity contribution < 1.29 is 4.84 Å². The maximum absolute atomic E-state index is 6.41. The van der Waals surface area contributed by atoms with Gasteiger partial charge in [0.05, 0.1) is 6.20 Å². The van der Waals surface area contributed by atoms with Crippen LogP contribution >= 0.6 is 11.6 Å². The molecule has 1 aliphatic heterocycles. The molecule has 1 unspecified atom stereocenters. The second kappa shape index (κ2) is 7.36. The van der Waals surface area contributed by atoms with Crippen LogP contribution in [-0.4, -0.2) is 5.84 Å². The minimum absolute atomic E-state index is 0.149. The zero-order valence-corrected chi connectivity index (χ0v) is 16.6. The van der Waals surface area contributed by atoms with E-state index in [2.05, 4.69) is 57.0 Å². The number of nitrogens with zero attached hydrogens (tertiary/aromatic N) is 2. The molecule has 26 heavy (non-hydrogen) atoms. The average Bonchev–Trinajstić information content (AvgIpc) is 3.04. The van der Waals surface area contributed by atoms with Gasteiger partial charge in [0.15, 0.2) is 11.9 Å². The quantitative estimate of drug-likeness (QED) is 0.561. The van der Waals surface area contributed by atoms with Crippen LogP contribution < -0.4 is 4.65 Å². The number of amidine groups is 1. The van der Waals surface area contributed by atoms with Crippen LogP contribution in [0.25, 0.3) is 0 Å². The normalized spacial score (nSPS) is 19.7. The van der Waals surface area contributed by atoms with Gasteiger partial charge in [-0.3, -0.25) is 0 Å². The lowest BCUT2D eigenvalue weighted by atomic mass is 9.87. The molecule has 0 aliphatic carbocycles. The summed E-state index contributed by atoms with van der Waals surface area (Å²) in [6.07, 6.45) is 4.60. The minimum Gasteiger partial charge on any atom is -0.200 e. The van der Waals surface area contributed by atoms with Crippen molar-refractivity contribution in [3.63, 3.8) is 0 Å². The van der Waals surface area contributed by atoms with E-state index in [-0.39, 0.29) is 10.1 Å². The topological polar surface area (TPSA) is 21.6 Å². The third-order valence-electron chi connectivity index (χ3n) is 4.66. The van der Waals surface area contributed by atoms with E-state index >= 15 is 0 Å². The van der Waals surface area contributed by atoms with Crippen molar-refractivity contribution in [3.8, 4) is 0 Å². The molecule has 0 aromatic heterocycles. The summed E-state index contributed by atoms with van der Waals surface area (Å²) in [4.78, 5) is 10.9. The van der Waals surface area contributed by atoms with E-state index in [1.54, 1.807) is 0 Å². The molecule has 4 heteroatoms. The van der Waals surface area contributed by atoms with Gasteiger partial charge in [-0.15, -0.1) is 0 Å². The Labute approximate surface area is 161 Å². The van der Waals surface area contributed by atoms with Crippen molar-refractivity contribution in [2.75, 3.05) is 0 Å². The molecule has 2 aromatic rings. The van der Waals surface area contributed by atoms with Crippen molar-refractivity contribution >= 4 is 23.1 Å². The lowest BCUT2D eigenvalue weighted by Crippen LogP contribution is -2.47. The van der Waals surface area contributed by atoms with Gasteiger partial charge in [0.2, 0.25) is 5.84 Å². The molecule has 1 aliphatic rings. The molecule has 0 amide bonds. The Balaban J connectivity index is 1.85. The Morgan fingerprint density at radius 1 is 1.00 bits per heavy atom. The molecule has 1 atom stereocenters. The van der Waals surface area contributed by atoms with Crippen LogP contribution in [0.15, 0.2) is 65.9 Å². The summed E-state index contributed by atoms with van der Waals surface area (Å²) >= 11 is 6.06. The predicted octanol–water partition coefficient (Wildman–Crippen LogP) is 6.37. The Morgan fingerprint density at radius 3 is 2.23 bits per heavy atom. The number of hydrogen-bond donors (Lipinski definition) is 0. The van der Waals surface area contributed by atoms with E-state index in [9.17, 15) is 0 Å². The number of aliphatic imine (C=N–C) groups is 1. The lowest BCUT2D eigenvalue weighted by molar-refractivity contribution is -0.0655. The van der Waals surface area contributed by atoms with Gasteiger partial charge >= 0.3 is 0 Å². The molecule has 0 radical (unpaired) electrons. The first kappa shape index (κ1) is 18.8. The third-order valence-corrected chi connectivity index (χ3v) is 4.92. The minimum atomic E-state index is 0.149. The van der Waals surface area contributed by atoms with Crippen LogP contribution in [0.1, 0.15) is 45.2 Å². The lowest BCUT2D eigenvalue weighted by Gasteiger charge is -2.28. The number of hydroxylamine groups is 2. The van der Waals surface area contributed by atoms with Crippen molar-refractivity contribution in [2.45, 2.75) is 46.1 Å². The van der Waals surface area contributed by atoms with Crippen LogP contribution in [0, 0.1) is 0 Å². The summed E-state index contributed by atoms with van der Waals surface area (Å²) in [6.45, 7) is 9.25. The van der Waals surface area contributed by atoms with Crippen LogP contribution in [0.4, 0.5) is 5.69 Å². The molecule has 0 N–H and O–H groups in total. The van der Waals surface area contributed by atoms with E-state index in [1.807, 2.05) is 36.7 Å². The Hall–Kier alpha value is -1.94. The van der Waals surface area contributed by atoms with Crippen LogP contribution in [0.2, 0.25) is 5.02 Å². The maximum Gasteiger partial charge on any atom is 0.245 e. The van der Waals surface area contributed by atoms with Gasteiger partial charge in [0.25, 0.3) is 0 Å². The van der Waals surface area contributed by atoms with E-state index in [4.69, 9.17) is 16.4 Å². The summed E-state index contributed by atoms with van der Waals surface area (Å²) in [5, 5.41) is 0.711. The van der Waals surface area contributed by atoms with E-state index in [0.29, 0.717) is 11.6 Å². The first-order valence-corrected chi connectivity index (χ1v) is 9.37. The molecule has 0 spiro atoms. The van der Waals surface area contributed by atoms with Crippen molar-refractivity contribution in [3.05, 3.63) is 77.1 Å². The van der Waals surface area contributed by atoms with Gasteiger partial charge in [-0.25, -0.2) is 0 Å². The first-order chi connectivity index (χ1) is 12.3. The first-order valence-electron chi connectivity index (χ1n) is 8.99. The zero-order valence-electron chi connectivity index (χ0n) is 15.9. The Bertz CT molecular complexity index is 817. The van der Waals surface area contributed by atoms with Gasteiger partial charge in [0, 0.05) is 23.6 Å². The van der Waals surface area contributed by atoms with Gasteiger partial charge in [-0.05, 0) is 28.7 Å². The average molecular weight is 370 g/mol. The van der Waals surface area contributed by atoms with Crippen LogP contribution in [-0.2, 0) is 16.9 Å². The maximum atomic E-state index is 6.41. The largest absolute Gasteiger partial charge is 0.245 e. The van der Waals surface area contributed by atoms with Gasteiger partial charge in [0.1, 0.15) is 6.61 Å². The number of rotatable bonds is 5. The molecule has 3 rings (SSSR count). The highest BCUT2D eigenvalue weighted by Crippen LogP contribution is 2.32. The Morgan fingerprint density at radius 2 is 1.65 bits per heavy atom. The van der Waals surface area contributed by atoms with E-state index < -0.39 is 0 Å². The third kappa shape index (κ3) is 3.75. The molecule has 136 valence electrons. The fourth-order valence-electron chi connectivity index (χ4n) is 3.08. The highest BCUT2D eigenvalue weighted by Gasteiger charge is 2.40. The number of benzene rings is 2. The summed E-state index contributed by atoms with van der Waals surface area (Å²) < 4.78 is 0.189. The molecule has 0 bridgehead atoms. The number of quaternary nitrogens is 1. The van der Waals surface area contributed by atoms with Gasteiger partial charge in [-0.1, -0.05) is 68.2 Å². The standard InChI is InChI=1S/C22H26ClN2O/c1-5-21-24-14-15-25(21,20-12-10-19(23)11-13-20)26-16-17-6-8-18(9-7-17)22(2,3)4/h6-15H,5,16H2,1-4H3/q+1. The van der Waals surface area contributed by atoms with Crippen LogP contribution in [0.3, 0.4) is 0 Å². The summed E-state index contributed by atoms with van der Waals surface area (Å²) in [5.41, 5.74) is 3.60. The number of hydrogen-bond acceptors (Lipinski definition) is 2. The molecule has 0 saturated carbocycles. The summed E-state index contributed by atoms with van der Waals surface area (Å²) in [6, 6.07) is 16.4. The Kier molecular flexibility index (Phi) is 5.33. The van der Waals surface area contributed by atoms with Gasteiger partial charge < -0.3 is 0 Å². The van der Waals surface area contributed by atoms with Crippen molar-refractivity contribution in [2.24, 2.45) is 4.99 Å². The van der Waals surface area contributed by atoms with Crippen molar-refractivity contribution in [1.29, 1.82) is 0 Å². The monoisotopic (exact) mass is 369 g/mol. The molecule has 0 fully saturated rings. The second-order valence-electron chi connectivity index (χ2n) is 7.55. The SMILES string of the molecule is CCC1=NC=C[N+]1(OCc1ccc(C(C)(C)C)cc1)c1ccc(Cl)cc1. The fraction of sp³-hybridized carbons (Fsp3) is 0.318. The molecule has 1 heterocycles. The second-order valence-corrected chi connectivity index (χ2v) is 7.99. The molecular weight excluding hydrogens is 344 g/mol. The molecule has 2 aromatic carbocycles.